The van der Waals surface area contributed by atoms with E-state index in [-0.39, 0.29) is 11.6 Å². The van der Waals surface area contributed by atoms with Gasteiger partial charge in [-0.2, -0.15) is 0 Å². The number of anilines is 1. The minimum atomic E-state index is -0.444. The first-order valence-corrected chi connectivity index (χ1v) is 9.80. The highest BCUT2D eigenvalue weighted by Crippen LogP contribution is 2.22. The van der Waals surface area contributed by atoms with E-state index in [1.807, 2.05) is 12.3 Å². The minimum Gasteiger partial charge on any atom is -0.487 e. The molecule has 0 aliphatic heterocycles. The van der Waals surface area contributed by atoms with Gasteiger partial charge in [0.2, 0.25) is 0 Å². The largest absolute Gasteiger partial charge is 0.487 e. The number of carbonyl (C=O) groups is 1. The second kappa shape index (κ2) is 9.65. The summed E-state index contributed by atoms with van der Waals surface area (Å²) in [6, 6.07) is 13.2. The molecule has 29 heavy (non-hydrogen) atoms. The van der Waals surface area contributed by atoms with Gasteiger partial charge in [0, 0.05) is 30.1 Å². The summed E-state index contributed by atoms with van der Waals surface area (Å²) in [4.78, 5) is 27.1. The van der Waals surface area contributed by atoms with Gasteiger partial charge in [0.25, 0.3) is 11.6 Å². The van der Waals surface area contributed by atoms with E-state index >= 15 is 0 Å². The van der Waals surface area contributed by atoms with Gasteiger partial charge in [0.1, 0.15) is 18.0 Å². The lowest BCUT2D eigenvalue weighted by atomic mass is 10.2. The Morgan fingerprint density at radius 1 is 1.17 bits per heavy atom. The van der Waals surface area contributed by atoms with Crippen molar-refractivity contribution in [1.82, 2.24) is 10.3 Å². The van der Waals surface area contributed by atoms with Gasteiger partial charge in [-0.25, -0.2) is 4.98 Å². The Hall–Kier alpha value is -3.46. The molecule has 0 unspecified atom stereocenters. The van der Waals surface area contributed by atoms with E-state index in [9.17, 15) is 14.9 Å². The molecule has 1 aromatic heterocycles. The fourth-order valence-corrected chi connectivity index (χ4v) is 3.19. The average molecular weight is 412 g/mol. The van der Waals surface area contributed by atoms with Crippen LogP contribution in [0.25, 0.3) is 0 Å². The monoisotopic (exact) mass is 412 g/mol. The average Bonchev–Trinajstić information content (AvgIpc) is 3.15. The highest BCUT2D eigenvalue weighted by Gasteiger charge is 2.11. The molecule has 0 aliphatic rings. The van der Waals surface area contributed by atoms with Crippen LogP contribution in [0.2, 0.25) is 0 Å². The molecule has 2 aromatic carbocycles. The third kappa shape index (κ3) is 5.76. The number of nitro benzene ring substituents is 1. The molecule has 9 heteroatoms. The third-order valence-electron chi connectivity index (χ3n) is 4.00. The fourth-order valence-electron chi connectivity index (χ4n) is 2.59. The summed E-state index contributed by atoms with van der Waals surface area (Å²) in [7, 11) is 0. The molecule has 0 spiro atoms. The highest BCUT2D eigenvalue weighted by molar-refractivity contribution is 7.09. The molecule has 0 aliphatic carbocycles. The number of aryl methyl sites for hydroxylation is 1. The lowest BCUT2D eigenvalue weighted by molar-refractivity contribution is -0.384. The fraction of sp³-hybridized carbons (Fsp3) is 0.200. The second-order valence-corrected chi connectivity index (χ2v) is 7.19. The molecule has 0 saturated heterocycles. The first-order chi connectivity index (χ1) is 14.0. The maximum absolute atomic E-state index is 12.2. The topological polar surface area (TPSA) is 106 Å². The van der Waals surface area contributed by atoms with Crippen LogP contribution in [0.15, 0.2) is 53.9 Å². The zero-order chi connectivity index (χ0) is 20.6. The van der Waals surface area contributed by atoms with Crippen LogP contribution in [0.3, 0.4) is 0 Å². The predicted octanol–water partition coefficient (Wildman–Crippen LogP) is 3.78. The lowest BCUT2D eigenvalue weighted by Gasteiger charge is -2.09. The van der Waals surface area contributed by atoms with Crippen molar-refractivity contribution in [3.8, 4) is 5.75 Å². The van der Waals surface area contributed by atoms with Gasteiger partial charge in [-0.15, -0.1) is 11.3 Å². The summed E-state index contributed by atoms with van der Waals surface area (Å²) in [5, 5.41) is 19.7. The Balaban J connectivity index is 1.44. The van der Waals surface area contributed by atoms with Crippen molar-refractivity contribution in [2.45, 2.75) is 13.5 Å². The molecular weight excluding hydrogens is 392 g/mol. The highest BCUT2D eigenvalue weighted by atomic mass is 32.1. The number of nitrogens with zero attached hydrogens (tertiary/aromatic N) is 2. The molecule has 0 fully saturated rings. The Kier molecular flexibility index (Phi) is 6.75. The van der Waals surface area contributed by atoms with Crippen molar-refractivity contribution in [1.29, 1.82) is 0 Å². The number of para-hydroxylation sites is 2. The van der Waals surface area contributed by atoms with E-state index in [1.54, 1.807) is 53.8 Å². The number of amides is 1. The van der Waals surface area contributed by atoms with Crippen LogP contribution in [0.4, 0.5) is 11.4 Å². The van der Waals surface area contributed by atoms with Gasteiger partial charge in [-0.1, -0.05) is 12.1 Å². The van der Waals surface area contributed by atoms with Crippen LogP contribution in [0, 0.1) is 17.0 Å². The molecule has 3 rings (SSSR count). The molecule has 1 amide bonds. The van der Waals surface area contributed by atoms with Gasteiger partial charge in [-0.3, -0.25) is 14.9 Å². The van der Waals surface area contributed by atoms with Crippen molar-refractivity contribution in [3.63, 3.8) is 0 Å². The number of nitro groups is 1. The maximum atomic E-state index is 12.2. The quantitative estimate of drug-likeness (QED) is 0.315. The summed E-state index contributed by atoms with van der Waals surface area (Å²) < 4.78 is 5.67. The Morgan fingerprint density at radius 2 is 1.93 bits per heavy atom. The predicted molar refractivity (Wildman–Crippen MR) is 112 cm³/mol. The number of carbonyl (C=O) groups excluding carboxylic acids is 1. The van der Waals surface area contributed by atoms with Crippen LogP contribution < -0.4 is 15.4 Å². The SMILES string of the molecule is Cc1nc(COc2ccc(C(=O)NCCNc3ccccc3[N+](=O)[O-])cc2)cs1. The number of aromatic nitrogens is 1. The van der Waals surface area contributed by atoms with Crippen LogP contribution in [-0.4, -0.2) is 28.9 Å². The molecule has 0 atom stereocenters. The summed E-state index contributed by atoms with van der Waals surface area (Å²) in [6.45, 7) is 3.02. The zero-order valence-electron chi connectivity index (χ0n) is 15.8. The van der Waals surface area contributed by atoms with Gasteiger partial charge in [-0.05, 0) is 37.3 Å². The third-order valence-corrected chi connectivity index (χ3v) is 4.82. The zero-order valence-corrected chi connectivity index (χ0v) is 16.6. The molecule has 2 N–H and O–H groups in total. The van der Waals surface area contributed by atoms with E-state index in [4.69, 9.17) is 4.74 Å². The number of benzene rings is 2. The van der Waals surface area contributed by atoms with Crippen molar-refractivity contribution < 1.29 is 14.5 Å². The number of rotatable bonds is 9. The molecule has 150 valence electrons. The molecule has 1 heterocycles. The molecule has 3 aromatic rings. The van der Waals surface area contributed by atoms with Gasteiger partial charge < -0.3 is 15.4 Å². The smallest absolute Gasteiger partial charge is 0.292 e. The number of thiazole rings is 1. The summed E-state index contributed by atoms with van der Waals surface area (Å²) >= 11 is 1.57. The van der Waals surface area contributed by atoms with E-state index in [0.717, 1.165) is 10.7 Å². The standard InChI is InChI=1S/C20H20N4O4S/c1-14-23-16(13-29-14)12-28-17-8-6-15(7-9-17)20(25)22-11-10-21-18-4-2-3-5-19(18)24(26)27/h2-9,13,21H,10-12H2,1H3,(H,22,25). The Labute approximate surface area is 171 Å². The number of ether oxygens (including phenoxy) is 1. The lowest BCUT2D eigenvalue weighted by Crippen LogP contribution is -2.28. The van der Waals surface area contributed by atoms with Crippen LogP contribution in [0.5, 0.6) is 5.75 Å². The molecule has 0 saturated carbocycles. The van der Waals surface area contributed by atoms with Crippen LogP contribution in [-0.2, 0) is 6.61 Å². The van der Waals surface area contributed by atoms with E-state index in [1.165, 1.54) is 6.07 Å². The summed E-state index contributed by atoms with van der Waals surface area (Å²) in [5.74, 6) is 0.432. The van der Waals surface area contributed by atoms with Crippen molar-refractivity contribution >= 4 is 28.6 Å². The Bertz CT molecular complexity index is 988. The molecular formula is C20H20N4O4S. The van der Waals surface area contributed by atoms with Gasteiger partial charge >= 0.3 is 0 Å². The first kappa shape index (κ1) is 20.3. The molecule has 8 nitrogen and oxygen atoms in total. The summed E-state index contributed by atoms with van der Waals surface area (Å²) in [6.07, 6.45) is 0. The van der Waals surface area contributed by atoms with E-state index in [0.29, 0.717) is 36.7 Å². The molecule has 0 radical (unpaired) electrons. The second-order valence-electron chi connectivity index (χ2n) is 6.13. The van der Waals surface area contributed by atoms with Crippen LogP contribution in [0.1, 0.15) is 21.1 Å². The normalized spacial score (nSPS) is 10.4. The van der Waals surface area contributed by atoms with Gasteiger partial charge in [0.15, 0.2) is 0 Å². The van der Waals surface area contributed by atoms with Crippen molar-refractivity contribution in [2.75, 3.05) is 18.4 Å². The number of hydrogen-bond acceptors (Lipinski definition) is 7. The first-order valence-electron chi connectivity index (χ1n) is 8.92. The van der Waals surface area contributed by atoms with Gasteiger partial charge in [0.05, 0.1) is 15.6 Å². The summed E-state index contributed by atoms with van der Waals surface area (Å²) in [5.41, 5.74) is 1.80. The van der Waals surface area contributed by atoms with E-state index in [2.05, 4.69) is 15.6 Å². The minimum absolute atomic E-state index is 0.00206. The van der Waals surface area contributed by atoms with E-state index < -0.39 is 4.92 Å². The maximum Gasteiger partial charge on any atom is 0.292 e. The number of nitrogens with one attached hydrogen (secondary N) is 2. The number of hydrogen-bond donors (Lipinski definition) is 2. The van der Waals surface area contributed by atoms with Crippen LogP contribution >= 0.6 is 11.3 Å². The Morgan fingerprint density at radius 3 is 2.62 bits per heavy atom. The van der Waals surface area contributed by atoms with Crippen molar-refractivity contribution in [3.05, 3.63) is 80.3 Å². The van der Waals surface area contributed by atoms with Crippen molar-refractivity contribution in [2.24, 2.45) is 0 Å². The molecule has 0 bridgehead atoms.